The molecule has 0 aliphatic carbocycles. The van der Waals surface area contributed by atoms with Crippen LogP contribution in [0.3, 0.4) is 0 Å². The summed E-state index contributed by atoms with van der Waals surface area (Å²) in [4.78, 5) is 12.4. The predicted molar refractivity (Wildman–Crippen MR) is 78.7 cm³/mol. The first-order chi connectivity index (χ1) is 10.2. The molecule has 2 aromatic rings. The number of rotatable bonds is 4. The van der Waals surface area contributed by atoms with Gasteiger partial charge in [-0.25, -0.2) is 0 Å². The van der Waals surface area contributed by atoms with Crippen LogP contribution in [0.5, 0.6) is 11.5 Å². The van der Waals surface area contributed by atoms with E-state index in [0.717, 1.165) is 0 Å². The zero-order valence-electron chi connectivity index (χ0n) is 11.7. The first kappa shape index (κ1) is 14.4. The van der Waals surface area contributed by atoms with E-state index < -0.39 is 0 Å². The van der Waals surface area contributed by atoms with Gasteiger partial charge in [-0.15, -0.1) is 0 Å². The third kappa shape index (κ3) is 2.95. The van der Waals surface area contributed by atoms with Crippen molar-refractivity contribution in [2.75, 3.05) is 19.5 Å². The number of carbonyl (C=O) groups excluding carboxylic acids is 1. The van der Waals surface area contributed by atoms with E-state index in [9.17, 15) is 4.79 Å². The number of para-hydroxylation sites is 2. The highest BCUT2D eigenvalue weighted by Gasteiger charge is 2.16. The Balaban J connectivity index is 2.39. The first-order valence-electron chi connectivity index (χ1n) is 6.22. The molecule has 0 heterocycles. The quantitative estimate of drug-likeness (QED) is 0.936. The largest absolute Gasteiger partial charge is 0.496 e. The fourth-order valence-electron chi connectivity index (χ4n) is 1.94. The summed E-state index contributed by atoms with van der Waals surface area (Å²) in [5.41, 5.74) is 1.06. The van der Waals surface area contributed by atoms with Gasteiger partial charge in [0.2, 0.25) is 0 Å². The Bertz CT molecular complexity index is 705. The van der Waals surface area contributed by atoms with Crippen LogP contribution in [-0.4, -0.2) is 20.1 Å². The average Bonchev–Trinajstić information content (AvgIpc) is 2.54. The maximum absolute atomic E-state index is 12.4. The van der Waals surface area contributed by atoms with E-state index in [0.29, 0.717) is 28.3 Å². The molecule has 5 nitrogen and oxygen atoms in total. The molecule has 0 aliphatic rings. The molecule has 0 unspecified atom stereocenters. The molecule has 1 N–H and O–H groups in total. The summed E-state index contributed by atoms with van der Waals surface area (Å²) in [6.07, 6.45) is 0. The summed E-state index contributed by atoms with van der Waals surface area (Å²) in [6.45, 7) is 0. The lowest BCUT2D eigenvalue weighted by Gasteiger charge is -2.13. The summed E-state index contributed by atoms with van der Waals surface area (Å²) in [7, 11) is 2.98. The molecule has 1 amide bonds. The Labute approximate surface area is 122 Å². The molecule has 21 heavy (non-hydrogen) atoms. The van der Waals surface area contributed by atoms with Crippen LogP contribution in [0.2, 0.25) is 0 Å². The van der Waals surface area contributed by atoms with E-state index in [1.54, 1.807) is 42.5 Å². The fraction of sp³-hybridized carbons (Fsp3) is 0.125. The van der Waals surface area contributed by atoms with Gasteiger partial charge in [0.25, 0.3) is 5.91 Å². The third-order valence-corrected chi connectivity index (χ3v) is 2.96. The van der Waals surface area contributed by atoms with Crippen LogP contribution in [0.1, 0.15) is 15.9 Å². The van der Waals surface area contributed by atoms with Crippen molar-refractivity contribution in [1.29, 1.82) is 5.26 Å². The number of anilines is 1. The number of nitrogens with zero attached hydrogens (tertiary/aromatic N) is 1. The summed E-state index contributed by atoms with van der Waals surface area (Å²) in [6, 6.07) is 13.9. The van der Waals surface area contributed by atoms with Crippen molar-refractivity contribution >= 4 is 11.6 Å². The lowest BCUT2D eigenvalue weighted by atomic mass is 10.1. The molecule has 2 rings (SSSR count). The zero-order chi connectivity index (χ0) is 15.2. The van der Waals surface area contributed by atoms with E-state index in [2.05, 4.69) is 5.32 Å². The van der Waals surface area contributed by atoms with Crippen LogP contribution in [0.15, 0.2) is 42.5 Å². The lowest BCUT2D eigenvalue weighted by Crippen LogP contribution is -2.14. The maximum atomic E-state index is 12.4. The minimum absolute atomic E-state index is 0.331. The highest BCUT2D eigenvalue weighted by atomic mass is 16.5. The summed E-state index contributed by atoms with van der Waals surface area (Å²) in [5, 5.41) is 11.8. The van der Waals surface area contributed by atoms with Gasteiger partial charge in [0, 0.05) is 0 Å². The smallest absolute Gasteiger partial charge is 0.259 e. The van der Waals surface area contributed by atoms with Crippen LogP contribution in [0.4, 0.5) is 5.69 Å². The number of hydrogen-bond donors (Lipinski definition) is 1. The van der Waals surface area contributed by atoms with E-state index in [1.807, 2.05) is 6.07 Å². The van der Waals surface area contributed by atoms with Gasteiger partial charge in [-0.3, -0.25) is 4.79 Å². The van der Waals surface area contributed by atoms with Crippen molar-refractivity contribution in [2.24, 2.45) is 0 Å². The number of ether oxygens (including phenoxy) is 2. The van der Waals surface area contributed by atoms with Gasteiger partial charge in [0.15, 0.2) is 0 Å². The number of carbonyl (C=O) groups is 1. The minimum Gasteiger partial charge on any atom is -0.496 e. The molecule has 0 bridgehead atoms. The molecule has 2 aromatic carbocycles. The number of methoxy groups -OCH3 is 2. The molecule has 0 aliphatic heterocycles. The molecular formula is C16H14N2O3. The van der Waals surface area contributed by atoms with Crippen molar-refractivity contribution in [3.8, 4) is 17.6 Å². The second kappa shape index (κ2) is 6.44. The average molecular weight is 282 g/mol. The molecule has 0 radical (unpaired) electrons. The molecule has 0 fully saturated rings. The van der Waals surface area contributed by atoms with Gasteiger partial charge in [0.05, 0.1) is 25.3 Å². The van der Waals surface area contributed by atoms with Gasteiger partial charge in [0.1, 0.15) is 23.3 Å². The number of nitriles is 1. The Kier molecular flexibility index (Phi) is 4.42. The van der Waals surface area contributed by atoms with Crippen LogP contribution < -0.4 is 14.8 Å². The Morgan fingerprint density at radius 2 is 1.71 bits per heavy atom. The maximum Gasteiger partial charge on any atom is 0.259 e. The molecule has 106 valence electrons. The van der Waals surface area contributed by atoms with E-state index in [-0.39, 0.29) is 5.91 Å². The van der Waals surface area contributed by atoms with Crippen molar-refractivity contribution in [2.45, 2.75) is 0 Å². The van der Waals surface area contributed by atoms with Gasteiger partial charge >= 0.3 is 0 Å². The number of benzene rings is 2. The van der Waals surface area contributed by atoms with Crippen molar-refractivity contribution in [1.82, 2.24) is 0 Å². The van der Waals surface area contributed by atoms with Crippen LogP contribution in [-0.2, 0) is 0 Å². The predicted octanol–water partition coefficient (Wildman–Crippen LogP) is 2.83. The Hall–Kier alpha value is -3.00. The first-order valence-corrected chi connectivity index (χ1v) is 6.22. The minimum atomic E-state index is -0.367. The molecule has 0 atom stereocenters. The second-order valence-electron chi connectivity index (χ2n) is 4.15. The normalized spacial score (nSPS) is 9.57. The summed E-state index contributed by atoms with van der Waals surface area (Å²) in [5.74, 6) is 0.522. The monoisotopic (exact) mass is 282 g/mol. The summed E-state index contributed by atoms with van der Waals surface area (Å²) >= 11 is 0. The fourth-order valence-corrected chi connectivity index (χ4v) is 1.94. The van der Waals surface area contributed by atoms with Crippen molar-refractivity contribution in [3.05, 3.63) is 53.6 Å². The molecule has 5 heteroatoms. The van der Waals surface area contributed by atoms with Gasteiger partial charge in [-0.1, -0.05) is 18.2 Å². The number of nitrogens with one attached hydrogen (secondary N) is 1. The van der Waals surface area contributed by atoms with E-state index in [4.69, 9.17) is 14.7 Å². The number of hydrogen-bond acceptors (Lipinski definition) is 4. The Morgan fingerprint density at radius 3 is 2.38 bits per heavy atom. The molecule has 0 saturated heterocycles. The van der Waals surface area contributed by atoms with E-state index in [1.165, 1.54) is 14.2 Å². The lowest BCUT2D eigenvalue weighted by molar-refractivity contribution is 0.102. The van der Waals surface area contributed by atoms with Crippen molar-refractivity contribution < 1.29 is 14.3 Å². The van der Waals surface area contributed by atoms with Crippen molar-refractivity contribution in [3.63, 3.8) is 0 Å². The molecule has 0 spiro atoms. The standard InChI is InChI=1S/C16H14N2O3/c1-20-13-8-4-3-7-12(13)16(19)18-15-11(10-17)6-5-9-14(15)21-2/h3-9H,1-2H3,(H,18,19). The number of amides is 1. The van der Waals surface area contributed by atoms with E-state index >= 15 is 0 Å². The second-order valence-corrected chi connectivity index (χ2v) is 4.15. The molecular weight excluding hydrogens is 268 g/mol. The van der Waals surface area contributed by atoms with Gasteiger partial charge in [-0.2, -0.15) is 5.26 Å². The third-order valence-electron chi connectivity index (χ3n) is 2.96. The van der Waals surface area contributed by atoms with Gasteiger partial charge in [-0.05, 0) is 24.3 Å². The zero-order valence-corrected chi connectivity index (χ0v) is 11.7. The Morgan fingerprint density at radius 1 is 1.05 bits per heavy atom. The molecule has 0 aromatic heterocycles. The molecule has 0 saturated carbocycles. The van der Waals surface area contributed by atoms with Gasteiger partial charge < -0.3 is 14.8 Å². The highest BCUT2D eigenvalue weighted by molar-refractivity contribution is 6.07. The van der Waals surface area contributed by atoms with Crippen LogP contribution in [0, 0.1) is 11.3 Å². The SMILES string of the molecule is COc1ccccc1C(=O)Nc1c(C#N)cccc1OC. The van der Waals surface area contributed by atoms with Crippen LogP contribution in [0.25, 0.3) is 0 Å². The summed E-state index contributed by atoms with van der Waals surface area (Å²) < 4.78 is 10.3. The topological polar surface area (TPSA) is 71.3 Å². The van der Waals surface area contributed by atoms with Crippen LogP contribution >= 0.6 is 0 Å². The highest BCUT2D eigenvalue weighted by Crippen LogP contribution is 2.29.